The van der Waals surface area contributed by atoms with Crippen molar-refractivity contribution in [2.24, 2.45) is 5.92 Å². The third kappa shape index (κ3) is 6.13. The molecule has 1 aliphatic heterocycles. The van der Waals surface area contributed by atoms with Crippen LogP contribution in [0.25, 0.3) is 0 Å². The number of benzene rings is 1. The molecule has 24 heavy (non-hydrogen) atoms. The Morgan fingerprint density at radius 2 is 1.88 bits per heavy atom. The molecule has 1 atom stereocenters. The first kappa shape index (κ1) is 18.7. The lowest BCUT2D eigenvalue weighted by Gasteiger charge is -2.30. The van der Waals surface area contributed by atoms with Gasteiger partial charge in [0.15, 0.2) is 0 Å². The normalized spacial score (nSPS) is 17.5. The number of piperidine rings is 1. The van der Waals surface area contributed by atoms with Gasteiger partial charge in [-0.05, 0) is 49.4 Å². The van der Waals surface area contributed by atoms with Crippen molar-refractivity contribution in [3.63, 3.8) is 0 Å². The van der Waals surface area contributed by atoms with E-state index in [1.807, 2.05) is 6.92 Å². The SMILES string of the molecule is CCC(CO)NC(=O)NCc1ccc(CN2CCC(C)CC2)cc1. The average molecular weight is 333 g/mol. The molecule has 0 aliphatic carbocycles. The molecule has 0 saturated carbocycles. The topological polar surface area (TPSA) is 64.6 Å². The second-order valence-corrected chi connectivity index (χ2v) is 6.89. The average Bonchev–Trinajstić information content (AvgIpc) is 2.61. The molecule has 1 unspecified atom stereocenters. The summed E-state index contributed by atoms with van der Waals surface area (Å²) in [7, 11) is 0. The lowest BCUT2D eigenvalue weighted by Crippen LogP contribution is -2.43. The Morgan fingerprint density at radius 1 is 1.25 bits per heavy atom. The van der Waals surface area contributed by atoms with Gasteiger partial charge in [0.05, 0.1) is 12.6 Å². The maximum absolute atomic E-state index is 11.8. The Morgan fingerprint density at radius 3 is 2.46 bits per heavy atom. The van der Waals surface area contributed by atoms with Gasteiger partial charge in [0, 0.05) is 13.1 Å². The van der Waals surface area contributed by atoms with Crippen LogP contribution in [-0.4, -0.2) is 41.8 Å². The van der Waals surface area contributed by atoms with E-state index in [9.17, 15) is 4.79 Å². The van der Waals surface area contributed by atoms with E-state index in [1.54, 1.807) is 0 Å². The molecule has 5 nitrogen and oxygen atoms in total. The quantitative estimate of drug-likeness (QED) is 0.718. The number of hydrogen-bond donors (Lipinski definition) is 3. The van der Waals surface area contributed by atoms with Crippen molar-refractivity contribution in [1.82, 2.24) is 15.5 Å². The van der Waals surface area contributed by atoms with Crippen LogP contribution >= 0.6 is 0 Å². The first-order chi connectivity index (χ1) is 11.6. The van der Waals surface area contributed by atoms with Gasteiger partial charge in [0.1, 0.15) is 0 Å². The number of aliphatic hydroxyl groups is 1. The van der Waals surface area contributed by atoms with Crippen LogP contribution in [0.15, 0.2) is 24.3 Å². The van der Waals surface area contributed by atoms with Gasteiger partial charge in [0.2, 0.25) is 0 Å². The molecule has 1 aromatic rings. The Hall–Kier alpha value is -1.59. The number of carbonyl (C=O) groups excluding carboxylic acids is 1. The number of hydrogen-bond acceptors (Lipinski definition) is 3. The number of nitrogens with one attached hydrogen (secondary N) is 2. The summed E-state index contributed by atoms with van der Waals surface area (Å²) < 4.78 is 0. The van der Waals surface area contributed by atoms with Crippen LogP contribution in [0.1, 0.15) is 44.2 Å². The van der Waals surface area contributed by atoms with Gasteiger partial charge in [-0.15, -0.1) is 0 Å². The minimum absolute atomic E-state index is 0.0338. The van der Waals surface area contributed by atoms with Gasteiger partial charge in [-0.3, -0.25) is 4.90 Å². The van der Waals surface area contributed by atoms with Gasteiger partial charge in [-0.2, -0.15) is 0 Å². The molecule has 134 valence electrons. The first-order valence-corrected chi connectivity index (χ1v) is 9.06. The summed E-state index contributed by atoms with van der Waals surface area (Å²) in [6.07, 6.45) is 3.31. The Labute approximate surface area is 145 Å². The Bertz CT molecular complexity index is 492. The molecule has 2 amide bonds. The fourth-order valence-electron chi connectivity index (χ4n) is 2.94. The molecule has 1 saturated heterocycles. The Kier molecular flexibility index (Phi) is 7.53. The molecular weight excluding hydrogens is 302 g/mol. The van der Waals surface area contributed by atoms with Crippen LogP contribution in [-0.2, 0) is 13.1 Å². The molecule has 1 aliphatic rings. The minimum Gasteiger partial charge on any atom is -0.394 e. The van der Waals surface area contributed by atoms with Crippen molar-refractivity contribution >= 4 is 6.03 Å². The van der Waals surface area contributed by atoms with E-state index in [0.29, 0.717) is 13.0 Å². The molecule has 0 spiro atoms. The maximum Gasteiger partial charge on any atom is 0.315 e. The van der Waals surface area contributed by atoms with Gasteiger partial charge in [-0.1, -0.05) is 38.1 Å². The van der Waals surface area contributed by atoms with Crippen molar-refractivity contribution < 1.29 is 9.90 Å². The third-order valence-corrected chi connectivity index (χ3v) is 4.81. The molecular formula is C19H31N3O2. The second-order valence-electron chi connectivity index (χ2n) is 6.89. The summed E-state index contributed by atoms with van der Waals surface area (Å²) in [5, 5.41) is 14.7. The van der Waals surface area contributed by atoms with Crippen molar-refractivity contribution in [3.05, 3.63) is 35.4 Å². The highest BCUT2D eigenvalue weighted by Gasteiger charge is 2.15. The van der Waals surface area contributed by atoms with Crippen LogP contribution in [0.3, 0.4) is 0 Å². The van der Waals surface area contributed by atoms with Crippen molar-refractivity contribution in [3.8, 4) is 0 Å². The monoisotopic (exact) mass is 333 g/mol. The third-order valence-electron chi connectivity index (χ3n) is 4.81. The summed E-state index contributed by atoms with van der Waals surface area (Å²) in [5.41, 5.74) is 2.40. The van der Waals surface area contributed by atoms with Crippen molar-refractivity contribution in [2.75, 3.05) is 19.7 Å². The predicted octanol–water partition coefficient (Wildman–Crippen LogP) is 2.49. The van der Waals surface area contributed by atoms with E-state index in [2.05, 4.69) is 46.7 Å². The highest BCUT2D eigenvalue weighted by molar-refractivity contribution is 5.74. The molecule has 1 fully saturated rings. The minimum atomic E-state index is -0.234. The van der Waals surface area contributed by atoms with E-state index in [0.717, 1.165) is 18.0 Å². The number of urea groups is 1. The number of aliphatic hydroxyl groups excluding tert-OH is 1. The van der Waals surface area contributed by atoms with Gasteiger partial charge in [0.25, 0.3) is 0 Å². The number of nitrogens with zero attached hydrogens (tertiary/aromatic N) is 1. The fraction of sp³-hybridized carbons (Fsp3) is 0.632. The van der Waals surface area contributed by atoms with E-state index >= 15 is 0 Å². The molecule has 2 rings (SSSR count). The number of carbonyl (C=O) groups is 1. The summed E-state index contributed by atoms with van der Waals surface area (Å²) in [5.74, 6) is 0.860. The molecule has 3 N–H and O–H groups in total. The van der Waals surface area contributed by atoms with Crippen LogP contribution in [0.4, 0.5) is 4.79 Å². The highest BCUT2D eigenvalue weighted by Crippen LogP contribution is 2.18. The van der Waals surface area contributed by atoms with E-state index in [-0.39, 0.29) is 18.7 Å². The van der Waals surface area contributed by atoms with E-state index in [4.69, 9.17) is 5.11 Å². The highest BCUT2D eigenvalue weighted by atomic mass is 16.3. The summed E-state index contributed by atoms with van der Waals surface area (Å²) >= 11 is 0. The van der Waals surface area contributed by atoms with Crippen molar-refractivity contribution in [2.45, 2.75) is 52.2 Å². The number of rotatable bonds is 7. The van der Waals surface area contributed by atoms with Crippen LogP contribution in [0, 0.1) is 5.92 Å². The zero-order chi connectivity index (χ0) is 17.4. The molecule has 1 aromatic carbocycles. The molecule has 0 aromatic heterocycles. The van der Waals surface area contributed by atoms with E-state index in [1.165, 1.54) is 31.5 Å². The lowest BCUT2D eigenvalue weighted by molar-refractivity contribution is 0.185. The van der Waals surface area contributed by atoms with Gasteiger partial charge >= 0.3 is 6.03 Å². The number of likely N-dealkylation sites (tertiary alicyclic amines) is 1. The lowest BCUT2D eigenvalue weighted by atomic mass is 9.99. The smallest absolute Gasteiger partial charge is 0.315 e. The van der Waals surface area contributed by atoms with Crippen LogP contribution < -0.4 is 10.6 Å². The van der Waals surface area contributed by atoms with Crippen LogP contribution in [0.2, 0.25) is 0 Å². The maximum atomic E-state index is 11.8. The largest absolute Gasteiger partial charge is 0.394 e. The molecule has 1 heterocycles. The summed E-state index contributed by atoms with van der Waals surface area (Å²) in [6.45, 7) is 8.11. The summed E-state index contributed by atoms with van der Waals surface area (Å²) in [4.78, 5) is 14.3. The zero-order valence-electron chi connectivity index (χ0n) is 14.9. The van der Waals surface area contributed by atoms with Gasteiger partial charge in [-0.25, -0.2) is 4.79 Å². The molecule has 0 radical (unpaired) electrons. The summed E-state index contributed by atoms with van der Waals surface area (Å²) in [6, 6.07) is 8.03. The zero-order valence-corrected chi connectivity index (χ0v) is 14.9. The van der Waals surface area contributed by atoms with E-state index < -0.39 is 0 Å². The van der Waals surface area contributed by atoms with Crippen molar-refractivity contribution in [1.29, 1.82) is 0 Å². The predicted molar refractivity (Wildman–Crippen MR) is 96.7 cm³/mol. The van der Waals surface area contributed by atoms with Gasteiger partial charge < -0.3 is 15.7 Å². The number of amides is 2. The standard InChI is InChI=1S/C19H31N3O2/c1-3-18(14-23)21-19(24)20-12-16-4-6-17(7-5-16)13-22-10-8-15(2)9-11-22/h4-7,15,18,23H,3,8-14H2,1-2H3,(H2,20,21,24). The molecule has 5 heteroatoms. The van der Waals surface area contributed by atoms with Crippen LogP contribution in [0.5, 0.6) is 0 Å². The molecule has 0 bridgehead atoms. The second kappa shape index (κ2) is 9.64. The fourth-order valence-corrected chi connectivity index (χ4v) is 2.94. The first-order valence-electron chi connectivity index (χ1n) is 9.06. The Balaban J connectivity index is 1.74.